The number of methoxy groups -OCH3 is 3. The zero-order valence-electron chi connectivity index (χ0n) is 16.5. The third-order valence-corrected chi connectivity index (χ3v) is 5.44. The molecular formula is C22H26N2O3. The second-order valence-electron chi connectivity index (χ2n) is 7.11. The molecule has 5 heteroatoms. The molecule has 0 bridgehead atoms. The molecule has 5 nitrogen and oxygen atoms in total. The van der Waals surface area contributed by atoms with Gasteiger partial charge in [0.05, 0.1) is 27.4 Å². The highest BCUT2D eigenvalue weighted by atomic mass is 16.5. The van der Waals surface area contributed by atoms with Crippen LogP contribution in [0.25, 0.3) is 10.9 Å². The van der Waals surface area contributed by atoms with Crippen molar-refractivity contribution in [2.75, 3.05) is 27.9 Å². The largest absolute Gasteiger partial charge is 0.496 e. The fraction of sp³-hybridized carbons (Fsp3) is 0.364. The molecule has 2 heterocycles. The summed E-state index contributed by atoms with van der Waals surface area (Å²) in [5.74, 6) is 2.15. The second kappa shape index (κ2) is 6.82. The highest BCUT2D eigenvalue weighted by Gasteiger charge is 2.29. The third kappa shape index (κ3) is 2.82. The maximum atomic E-state index is 5.68. The fourth-order valence-electron chi connectivity index (χ4n) is 4.32. The van der Waals surface area contributed by atoms with Crippen LogP contribution in [0.1, 0.15) is 34.0 Å². The van der Waals surface area contributed by atoms with Gasteiger partial charge in [-0.25, -0.2) is 0 Å². The van der Waals surface area contributed by atoms with Gasteiger partial charge >= 0.3 is 0 Å². The fourth-order valence-corrected chi connectivity index (χ4v) is 4.32. The van der Waals surface area contributed by atoms with E-state index in [4.69, 9.17) is 14.2 Å². The summed E-state index contributed by atoms with van der Waals surface area (Å²) < 4.78 is 16.6. The molecule has 2 N–H and O–H groups in total. The lowest BCUT2D eigenvalue weighted by Gasteiger charge is -2.27. The van der Waals surface area contributed by atoms with Gasteiger partial charge in [0.2, 0.25) is 0 Å². The summed E-state index contributed by atoms with van der Waals surface area (Å²) in [5, 5.41) is 4.99. The van der Waals surface area contributed by atoms with Crippen LogP contribution in [-0.2, 0) is 6.42 Å². The van der Waals surface area contributed by atoms with E-state index in [2.05, 4.69) is 36.3 Å². The van der Waals surface area contributed by atoms with Gasteiger partial charge in [-0.05, 0) is 49.1 Å². The van der Waals surface area contributed by atoms with Crippen molar-refractivity contribution in [3.63, 3.8) is 0 Å². The van der Waals surface area contributed by atoms with Crippen molar-refractivity contribution in [2.45, 2.75) is 26.3 Å². The van der Waals surface area contributed by atoms with Gasteiger partial charge in [0, 0.05) is 34.8 Å². The molecule has 2 aromatic carbocycles. The molecule has 1 unspecified atom stereocenters. The van der Waals surface area contributed by atoms with Crippen molar-refractivity contribution in [2.24, 2.45) is 0 Å². The molecule has 4 rings (SSSR count). The van der Waals surface area contributed by atoms with Crippen LogP contribution >= 0.6 is 0 Å². The molecule has 0 aliphatic carbocycles. The van der Waals surface area contributed by atoms with Crippen LogP contribution < -0.4 is 19.5 Å². The summed E-state index contributed by atoms with van der Waals surface area (Å²) in [5.41, 5.74) is 7.43. The number of aromatic amines is 1. The maximum Gasteiger partial charge on any atom is 0.164 e. The van der Waals surface area contributed by atoms with Crippen LogP contribution in [-0.4, -0.2) is 32.9 Å². The van der Waals surface area contributed by atoms with E-state index in [1.807, 2.05) is 12.1 Å². The smallest absolute Gasteiger partial charge is 0.164 e. The number of H-pyrrole nitrogens is 1. The molecule has 0 saturated carbocycles. The quantitative estimate of drug-likeness (QED) is 0.732. The number of nitrogens with one attached hydrogen (secondary N) is 2. The van der Waals surface area contributed by atoms with Gasteiger partial charge in [-0.1, -0.05) is 6.07 Å². The predicted octanol–water partition coefficient (Wildman–Crippen LogP) is 4.05. The molecule has 0 saturated heterocycles. The van der Waals surface area contributed by atoms with Crippen LogP contribution in [0, 0.1) is 13.8 Å². The molecule has 27 heavy (non-hydrogen) atoms. The zero-order valence-corrected chi connectivity index (χ0v) is 16.5. The normalized spacial score (nSPS) is 16.3. The van der Waals surface area contributed by atoms with Gasteiger partial charge in [0.15, 0.2) is 11.5 Å². The number of hydrogen-bond donors (Lipinski definition) is 2. The van der Waals surface area contributed by atoms with Crippen molar-refractivity contribution < 1.29 is 14.2 Å². The Kier molecular flexibility index (Phi) is 4.48. The molecule has 1 aromatic heterocycles. The van der Waals surface area contributed by atoms with Gasteiger partial charge in [-0.3, -0.25) is 0 Å². The van der Waals surface area contributed by atoms with E-state index >= 15 is 0 Å². The maximum absolute atomic E-state index is 5.68. The summed E-state index contributed by atoms with van der Waals surface area (Å²) in [4.78, 5) is 3.67. The standard InChI is InChI=1S/C22H26N2O3/c1-12-8-13(2)20-14-6-7-23-21(22(14)24-16(20)9-12)15-10-18(26-4)19(27-5)11-17(15)25-3/h8-11,21,23-24H,6-7H2,1-5H3. The van der Waals surface area contributed by atoms with Crippen molar-refractivity contribution in [3.8, 4) is 17.2 Å². The Morgan fingerprint density at radius 2 is 1.59 bits per heavy atom. The van der Waals surface area contributed by atoms with Crippen molar-refractivity contribution in [1.82, 2.24) is 10.3 Å². The van der Waals surface area contributed by atoms with Gasteiger partial charge in [0.25, 0.3) is 0 Å². The summed E-state index contributed by atoms with van der Waals surface area (Å²) in [6, 6.07) is 8.39. The van der Waals surface area contributed by atoms with Crippen molar-refractivity contribution >= 4 is 10.9 Å². The van der Waals surface area contributed by atoms with E-state index < -0.39 is 0 Å². The van der Waals surface area contributed by atoms with Crippen molar-refractivity contribution in [1.29, 1.82) is 0 Å². The van der Waals surface area contributed by atoms with Gasteiger partial charge in [-0.15, -0.1) is 0 Å². The highest BCUT2D eigenvalue weighted by Crippen LogP contribution is 2.42. The van der Waals surface area contributed by atoms with E-state index in [0.29, 0.717) is 11.5 Å². The number of aromatic nitrogens is 1. The molecule has 0 fully saturated rings. The molecule has 142 valence electrons. The molecular weight excluding hydrogens is 340 g/mol. The van der Waals surface area contributed by atoms with Gasteiger partial charge < -0.3 is 24.5 Å². The number of aryl methyl sites for hydroxylation is 2. The summed E-state index contributed by atoms with van der Waals surface area (Å²) in [7, 11) is 4.98. The highest BCUT2D eigenvalue weighted by molar-refractivity contribution is 5.89. The molecule has 0 spiro atoms. The first-order chi connectivity index (χ1) is 13.1. The number of fused-ring (bicyclic) bond motifs is 3. The topological polar surface area (TPSA) is 55.5 Å². The van der Waals surface area contributed by atoms with Crippen LogP contribution in [0.15, 0.2) is 24.3 Å². The average molecular weight is 366 g/mol. The Hall–Kier alpha value is -2.66. The number of benzene rings is 2. The van der Waals surface area contributed by atoms with Crippen LogP contribution in [0.4, 0.5) is 0 Å². The molecule has 0 radical (unpaired) electrons. The van der Waals surface area contributed by atoms with Crippen molar-refractivity contribution in [3.05, 3.63) is 52.2 Å². The van der Waals surface area contributed by atoms with E-state index in [1.165, 1.54) is 33.3 Å². The lowest BCUT2D eigenvalue weighted by molar-refractivity contribution is 0.345. The minimum Gasteiger partial charge on any atom is -0.496 e. The first-order valence-electron chi connectivity index (χ1n) is 9.22. The summed E-state index contributed by atoms with van der Waals surface area (Å²) in [6.07, 6.45) is 1.01. The van der Waals surface area contributed by atoms with Crippen LogP contribution in [0.2, 0.25) is 0 Å². The second-order valence-corrected chi connectivity index (χ2v) is 7.11. The number of rotatable bonds is 4. The number of hydrogen-bond acceptors (Lipinski definition) is 4. The average Bonchev–Trinajstić information content (AvgIpc) is 3.05. The SMILES string of the molecule is COc1cc(OC)c(C2NCCc3c2[nH]c2cc(C)cc(C)c32)cc1OC. The molecule has 0 amide bonds. The summed E-state index contributed by atoms with van der Waals surface area (Å²) >= 11 is 0. The third-order valence-electron chi connectivity index (χ3n) is 5.44. The molecule has 1 aliphatic rings. The Balaban J connectivity index is 1.92. The first-order valence-corrected chi connectivity index (χ1v) is 9.22. The minimum atomic E-state index is 0.00983. The predicted molar refractivity (Wildman–Crippen MR) is 107 cm³/mol. The lowest BCUT2D eigenvalue weighted by Crippen LogP contribution is -2.30. The van der Waals surface area contributed by atoms with Gasteiger partial charge in [0.1, 0.15) is 5.75 Å². The Bertz CT molecular complexity index is 1010. The zero-order chi connectivity index (χ0) is 19.1. The minimum absolute atomic E-state index is 0.00983. The molecule has 1 aliphatic heterocycles. The number of ether oxygens (including phenoxy) is 3. The molecule has 1 atom stereocenters. The van der Waals surface area contributed by atoms with Gasteiger partial charge in [-0.2, -0.15) is 0 Å². The van der Waals surface area contributed by atoms with E-state index in [0.717, 1.165) is 24.3 Å². The van der Waals surface area contributed by atoms with Crippen LogP contribution in [0.5, 0.6) is 17.2 Å². The Morgan fingerprint density at radius 3 is 2.30 bits per heavy atom. The molecule has 3 aromatic rings. The van der Waals surface area contributed by atoms with E-state index in [-0.39, 0.29) is 6.04 Å². The van der Waals surface area contributed by atoms with Crippen LogP contribution in [0.3, 0.4) is 0 Å². The van der Waals surface area contributed by atoms with E-state index in [9.17, 15) is 0 Å². The monoisotopic (exact) mass is 366 g/mol. The lowest BCUT2D eigenvalue weighted by atomic mass is 9.92. The Morgan fingerprint density at radius 1 is 0.889 bits per heavy atom. The Labute approximate surface area is 159 Å². The first kappa shape index (κ1) is 17.7. The summed E-state index contributed by atoms with van der Waals surface area (Å²) in [6.45, 7) is 5.24. The van der Waals surface area contributed by atoms with E-state index in [1.54, 1.807) is 21.3 Å².